The Morgan fingerprint density at radius 3 is 2.25 bits per heavy atom. The molecule has 0 aliphatic carbocycles. The topological polar surface area (TPSA) is 49.9 Å². The Morgan fingerprint density at radius 2 is 1.61 bits per heavy atom. The molecule has 28 heavy (non-hydrogen) atoms. The lowest BCUT2D eigenvalue weighted by Crippen LogP contribution is -2.47. The number of benzene rings is 2. The Morgan fingerprint density at radius 1 is 0.929 bits per heavy atom. The molecule has 2 unspecified atom stereocenters. The molecule has 0 aromatic heterocycles. The normalized spacial score (nSPS) is 23.0. The second kappa shape index (κ2) is 7.41. The molecule has 2 heterocycles. The van der Waals surface area contributed by atoms with E-state index in [0.29, 0.717) is 35.1 Å². The fraction of sp³-hybridized carbons (Fsp3) is 0.273. The van der Waals surface area contributed by atoms with E-state index < -0.39 is 0 Å². The van der Waals surface area contributed by atoms with Crippen LogP contribution >= 0.6 is 11.6 Å². The first-order valence-corrected chi connectivity index (χ1v) is 9.68. The fourth-order valence-corrected chi connectivity index (χ4v) is 4.07. The lowest BCUT2D eigenvalue weighted by Gasteiger charge is -2.37. The average Bonchev–Trinajstić information content (AvgIpc) is 2.92. The highest BCUT2D eigenvalue weighted by molar-refractivity contribution is 6.45. The van der Waals surface area contributed by atoms with E-state index in [9.17, 15) is 9.59 Å². The van der Waals surface area contributed by atoms with Gasteiger partial charge in [-0.15, -0.1) is 0 Å². The molecule has 2 aliphatic heterocycles. The summed E-state index contributed by atoms with van der Waals surface area (Å²) in [6.45, 7) is 5.06. The summed E-state index contributed by atoms with van der Waals surface area (Å²) in [6, 6.07) is 16.1. The maximum atomic E-state index is 13.4. The Hall–Kier alpha value is -2.63. The van der Waals surface area contributed by atoms with E-state index in [4.69, 9.17) is 16.3 Å². The Bertz CT molecular complexity index is 947. The first-order valence-electron chi connectivity index (χ1n) is 9.30. The largest absolute Gasteiger partial charge is 0.372 e. The molecule has 2 atom stereocenters. The van der Waals surface area contributed by atoms with Gasteiger partial charge in [-0.1, -0.05) is 48.0 Å². The van der Waals surface area contributed by atoms with Crippen molar-refractivity contribution in [3.8, 4) is 0 Å². The van der Waals surface area contributed by atoms with E-state index in [1.54, 1.807) is 24.3 Å². The molecule has 2 aromatic rings. The Kier molecular flexibility index (Phi) is 4.96. The van der Waals surface area contributed by atoms with Crippen LogP contribution in [-0.2, 0) is 14.3 Å². The molecule has 0 radical (unpaired) electrons. The molecule has 6 heteroatoms. The van der Waals surface area contributed by atoms with Crippen molar-refractivity contribution in [2.75, 3.05) is 18.0 Å². The summed E-state index contributed by atoms with van der Waals surface area (Å²) >= 11 is 6.11. The molecule has 0 bridgehead atoms. The van der Waals surface area contributed by atoms with Crippen LogP contribution in [0.5, 0.6) is 0 Å². The SMILES string of the molecule is CC1CN(C2=C(c3ccccc3)C(=O)N(c3cccc(Cl)c3)C2=O)CC(C)O1. The summed E-state index contributed by atoms with van der Waals surface area (Å²) in [4.78, 5) is 30.0. The van der Waals surface area contributed by atoms with Crippen molar-refractivity contribution in [1.29, 1.82) is 0 Å². The quantitative estimate of drug-likeness (QED) is 0.742. The van der Waals surface area contributed by atoms with Crippen molar-refractivity contribution in [2.24, 2.45) is 0 Å². The van der Waals surface area contributed by atoms with Crippen molar-refractivity contribution in [2.45, 2.75) is 26.1 Å². The van der Waals surface area contributed by atoms with E-state index in [2.05, 4.69) is 0 Å². The van der Waals surface area contributed by atoms with Gasteiger partial charge in [0.1, 0.15) is 5.70 Å². The van der Waals surface area contributed by atoms with Crippen LogP contribution in [0.1, 0.15) is 19.4 Å². The summed E-state index contributed by atoms with van der Waals surface area (Å²) in [5.41, 5.74) is 2.05. The smallest absolute Gasteiger partial charge is 0.282 e. The zero-order valence-electron chi connectivity index (χ0n) is 15.8. The summed E-state index contributed by atoms with van der Waals surface area (Å²) in [5, 5.41) is 0.474. The maximum absolute atomic E-state index is 13.4. The molecular formula is C22H21ClN2O3. The minimum atomic E-state index is -0.333. The number of hydrogen-bond donors (Lipinski definition) is 0. The van der Waals surface area contributed by atoms with Crippen LogP contribution in [-0.4, -0.2) is 42.0 Å². The number of hydrogen-bond acceptors (Lipinski definition) is 4. The molecule has 0 N–H and O–H groups in total. The number of carbonyl (C=O) groups excluding carboxylic acids is 2. The van der Waals surface area contributed by atoms with Gasteiger partial charge in [0.25, 0.3) is 11.8 Å². The summed E-state index contributed by atoms with van der Waals surface area (Å²) in [7, 11) is 0. The molecule has 2 aliphatic rings. The highest BCUT2D eigenvalue weighted by Crippen LogP contribution is 2.36. The molecule has 5 nitrogen and oxygen atoms in total. The second-order valence-corrected chi connectivity index (χ2v) is 7.61. The first-order chi connectivity index (χ1) is 13.5. The maximum Gasteiger partial charge on any atom is 0.282 e. The molecule has 1 fully saturated rings. The van der Waals surface area contributed by atoms with Gasteiger partial charge in [0, 0.05) is 18.1 Å². The van der Waals surface area contributed by atoms with Gasteiger partial charge in [-0.25, -0.2) is 4.90 Å². The third-order valence-corrected chi connectivity index (χ3v) is 5.16. The third kappa shape index (κ3) is 3.32. The summed E-state index contributed by atoms with van der Waals surface area (Å²) < 4.78 is 5.81. The molecule has 2 amide bonds. The van der Waals surface area contributed by atoms with Gasteiger partial charge in [-0.05, 0) is 37.6 Å². The molecule has 1 saturated heterocycles. The van der Waals surface area contributed by atoms with E-state index in [1.165, 1.54) is 4.90 Å². The minimum Gasteiger partial charge on any atom is -0.372 e. The number of nitrogens with zero attached hydrogens (tertiary/aromatic N) is 2. The van der Waals surface area contributed by atoms with Crippen LogP contribution in [0.3, 0.4) is 0 Å². The van der Waals surface area contributed by atoms with Crippen LogP contribution < -0.4 is 4.90 Å². The van der Waals surface area contributed by atoms with Crippen LogP contribution in [0.2, 0.25) is 5.02 Å². The van der Waals surface area contributed by atoms with Gasteiger partial charge in [0.2, 0.25) is 0 Å². The van der Waals surface area contributed by atoms with Crippen LogP contribution in [0.15, 0.2) is 60.3 Å². The van der Waals surface area contributed by atoms with E-state index in [1.807, 2.05) is 49.1 Å². The predicted octanol–water partition coefficient (Wildman–Crippen LogP) is 3.73. The van der Waals surface area contributed by atoms with Crippen molar-refractivity contribution < 1.29 is 14.3 Å². The van der Waals surface area contributed by atoms with Crippen LogP contribution in [0, 0.1) is 0 Å². The standard InChI is InChI=1S/C22H21ClN2O3/c1-14-12-24(13-15(2)28-14)20-19(16-7-4-3-5-8-16)21(26)25(22(20)27)18-10-6-9-17(23)11-18/h3-11,14-15H,12-13H2,1-2H3. The van der Waals surface area contributed by atoms with Crippen molar-refractivity contribution in [3.63, 3.8) is 0 Å². The van der Waals surface area contributed by atoms with E-state index >= 15 is 0 Å². The molecular weight excluding hydrogens is 376 g/mol. The zero-order valence-corrected chi connectivity index (χ0v) is 16.5. The number of ether oxygens (including phenoxy) is 1. The molecule has 0 spiro atoms. The van der Waals surface area contributed by atoms with Gasteiger partial charge in [-0.2, -0.15) is 0 Å². The van der Waals surface area contributed by atoms with Crippen molar-refractivity contribution in [3.05, 3.63) is 70.9 Å². The number of rotatable bonds is 3. The summed E-state index contributed by atoms with van der Waals surface area (Å²) in [6.07, 6.45) is -0.0622. The lowest BCUT2D eigenvalue weighted by atomic mass is 10.0. The van der Waals surface area contributed by atoms with Gasteiger partial charge in [-0.3, -0.25) is 9.59 Å². The highest BCUT2D eigenvalue weighted by Gasteiger charge is 2.43. The van der Waals surface area contributed by atoms with Crippen LogP contribution in [0.4, 0.5) is 5.69 Å². The van der Waals surface area contributed by atoms with Gasteiger partial charge >= 0.3 is 0 Å². The number of anilines is 1. The molecule has 2 aromatic carbocycles. The fourth-order valence-electron chi connectivity index (χ4n) is 3.89. The summed E-state index contributed by atoms with van der Waals surface area (Å²) in [5.74, 6) is -0.660. The van der Waals surface area contributed by atoms with Gasteiger partial charge in [0.05, 0.1) is 23.5 Å². The molecule has 0 saturated carbocycles. The monoisotopic (exact) mass is 396 g/mol. The highest BCUT2D eigenvalue weighted by atomic mass is 35.5. The Balaban J connectivity index is 1.83. The van der Waals surface area contributed by atoms with Crippen molar-refractivity contribution in [1.82, 2.24) is 4.90 Å². The second-order valence-electron chi connectivity index (χ2n) is 7.18. The minimum absolute atomic E-state index is 0.0311. The molecule has 4 rings (SSSR count). The number of imide groups is 1. The average molecular weight is 397 g/mol. The zero-order chi connectivity index (χ0) is 19.8. The number of carbonyl (C=O) groups is 2. The number of halogens is 1. The third-order valence-electron chi connectivity index (χ3n) is 4.92. The van der Waals surface area contributed by atoms with E-state index in [0.717, 1.165) is 5.56 Å². The van der Waals surface area contributed by atoms with E-state index in [-0.39, 0.29) is 24.0 Å². The van der Waals surface area contributed by atoms with Crippen LogP contribution in [0.25, 0.3) is 5.57 Å². The predicted molar refractivity (Wildman–Crippen MR) is 109 cm³/mol. The van der Waals surface area contributed by atoms with Gasteiger partial charge < -0.3 is 9.64 Å². The van der Waals surface area contributed by atoms with Gasteiger partial charge in [0.15, 0.2) is 0 Å². The number of amides is 2. The molecule has 144 valence electrons. The van der Waals surface area contributed by atoms with Crippen molar-refractivity contribution >= 4 is 34.7 Å². The Labute approximate surface area is 169 Å². The lowest BCUT2D eigenvalue weighted by molar-refractivity contribution is -0.121. The first kappa shape index (κ1) is 18.7. The number of morpholine rings is 1.